The van der Waals surface area contributed by atoms with Gasteiger partial charge in [-0.1, -0.05) is 66.7 Å². The summed E-state index contributed by atoms with van der Waals surface area (Å²) < 4.78 is 35.5. The Labute approximate surface area is 257 Å². The molecule has 13 heteroatoms. The van der Waals surface area contributed by atoms with E-state index in [1.807, 2.05) is 51.0 Å². The van der Waals surface area contributed by atoms with Crippen LogP contribution in [0, 0.1) is 0 Å². The van der Waals surface area contributed by atoms with Crippen LogP contribution in [-0.4, -0.2) is 47.4 Å². The summed E-state index contributed by atoms with van der Waals surface area (Å²) in [5.74, 6) is -0.161. The molecule has 11 N–H and O–H groups in total. The second kappa shape index (κ2) is 20.4. The predicted molar refractivity (Wildman–Crippen MR) is 168 cm³/mol. The molecule has 0 saturated carbocycles. The number of aliphatic imine (C=N–C) groups is 1. The third-order valence-electron chi connectivity index (χ3n) is 5.39. The maximum atomic E-state index is 13.3. The van der Waals surface area contributed by atoms with Crippen LogP contribution in [-0.2, 0) is 47.7 Å². The summed E-state index contributed by atoms with van der Waals surface area (Å²) in [5, 5.41) is 13.4. The first-order valence-electron chi connectivity index (χ1n) is 11.9. The van der Waals surface area contributed by atoms with Gasteiger partial charge in [0.15, 0.2) is 0 Å². The fourth-order valence-corrected chi connectivity index (χ4v) is 4.86. The molecule has 4 rings (SSSR count). The zero-order valence-corrected chi connectivity index (χ0v) is 25.8. The number of nitrogens with zero attached hydrogens (tertiary/aromatic N) is 3. The van der Waals surface area contributed by atoms with Crippen LogP contribution in [0.5, 0.6) is 5.75 Å². The minimum Gasteiger partial charge on any atom is -0.872 e. The van der Waals surface area contributed by atoms with Crippen LogP contribution in [0.15, 0.2) is 94.8 Å². The monoisotopic (exact) mass is 650 g/mol. The van der Waals surface area contributed by atoms with Gasteiger partial charge in [-0.2, -0.15) is 0 Å². The van der Waals surface area contributed by atoms with Crippen molar-refractivity contribution in [3.63, 3.8) is 0 Å². The smallest absolute Gasteiger partial charge is 0.872 e. The average Bonchev–Trinajstić information content (AvgIpc) is 2.89. The first-order valence-corrected chi connectivity index (χ1v) is 13.4. The summed E-state index contributed by atoms with van der Waals surface area (Å²) in [4.78, 5) is 6.39. The molecule has 0 amide bonds. The summed E-state index contributed by atoms with van der Waals surface area (Å²) in [5.41, 5.74) is 1.89. The van der Waals surface area contributed by atoms with Crippen molar-refractivity contribution in [2.75, 3.05) is 32.2 Å². The predicted octanol–water partition coefficient (Wildman–Crippen LogP) is 2.57. The van der Waals surface area contributed by atoms with E-state index in [9.17, 15) is 13.5 Å². The molecule has 0 spiro atoms. The number of fused-ring (bicyclic) bond motifs is 1. The Bertz CT molecular complexity index is 1480. The van der Waals surface area contributed by atoms with E-state index in [4.69, 9.17) is 4.74 Å². The van der Waals surface area contributed by atoms with Crippen LogP contribution in [0.4, 0.5) is 17.1 Å². The zero-order chi connectivity index (χ0) is 26.8. The Morgan fingerprint density at radius 2 is 1.40 bits per heavy atom. The molecule has 4 aromatic rings. The fraction of sp³-hybridized carbons (Fsp3) is 0.207. The minimum atomic E-state index is -4.03. The zero-order valence-electron chi connectivity index (χ0n) is 24.0. The second-order valence-corrected chi connectivity index (χ2v) is 9.73. The molecular weight excluding hydrogens is 609 g/mol. The number of hydrogen-bond acceptors (Lipinski definition) is 6. The van der Waals surface area contributed by atoms with Crippen molar-refractivity contribution in [1.82, 2.24) is 0 Å². The van der Waals surface area contributed by atoms with E-state index in [0.717, 1.165) is 24.3 Å². The summed E-state index contributed by atoms with van der Waals surface area (Å²) in [6.07, 6.45) is 1.42. The third-order valence-corrected chi connectivity index (χ3v) is 6.74. The van der Waals surface area contributed by atoms with Crippen molar-refractivity contribution in [2.24, 2.45) is 4.99 Å². The van der Waals surface area contributed by atoms with Gasteiger partial charge in [0.2, 0.25) is 0 Å². The van der Waals surface area contributed by atoms with Crippen LogP contribution in [0.3, 0.4) is 0 Å². The van der Waals surface area contributed by atoms with Gasteiger partial charge in [-0.3, -0.25) is 4.99 Å². The quantitative estimate of drug-likeness (QED) is 0.159. The van der Waals surface area contributed by atoms with Crippen LogP contribution in [0.2, 0.25) is 0 Å². The molecule has 0 heterocycles. The molecule has 42 heavy (non-hydrogen) atoms. The number of para-hydroxylation sites is 2. The van der Waals surface area contributed by atoms with Crippen molar-refractivity contribution in [1.29, 1.82) is 0 Å². The maximum absolute atomic E-state index is 13.3. The largest absolute Gasteiger partial charge is 2.00 e. The molecule has 0 aromatic heterocycles. The molecule has 234 valence electrons. The first kappa shape index (κ1) is 42.9. The maximum Gasteiger partial charge on any atom is 2.00 e. The number of benzene rings is 4. The molecule has 11 nitrogen and oxygen atoms in total. The fourth-order valence-electron chi connectivity index (χ4n) is 3.64. The van der Waals surface area contributed by atoms with E-state index in [2.05, 4.69) is 9.71 Å². The van der Waals surface area contributed by atoms with Crippen molar-refractivity contribution in [2.45, 2.75) is 18.7 Å². The number of ether oxygens (including phenoxy) is 1. The molecule has 0 radical (unpaired) electrons. The number of anilines is 1. The second-order valence-electron chi connectivity index (χ2n) is 8.16. The van der Waals surface area contributed by atoms with Crippen molar-refractivity contribution >= 4 is 44.1 Å². The van der Waals surface area contributed by atoms with Gasteiger partial charge in [-0.05, 0) is 37.6 Å². The molecule has 0 atom stereocenters. The topological polar surface area (TPSA) is 227 Å². The Hall–Kier alpha value is -3.55. The molecule has 0 unspecified atom stereocenters. The third kappa shape index (κ3) is 11.0. The van der Waals surface area contributed by atoms with Crippen molar-refractivity contribution in [3.05, 3.63) is 95.2 Å². The Morgan fingerprint density at radius 1 is 0.833 bits per heavy atom. The van der Waals surface area contributed by atoms with Crippen LogP contribution < -0.4 is 10.0 Å². The van der Waals surface area contributed by atoms with Gasteiger partial charge in [0, 0.05) is 55.7 Å². The van der Waals surface area contributed by atoms with Crippen LogP contribution in [0.1, 0.15) is 19.4 Å². The Kier molecular flexibility index (Phi) is 20.8. The van der Waals surface area contributed by atoms with Gasteiger partial charge in [-0.25, -0.2) is 8.42 Å². The van der Waals surface area contributed by atoms with Crippen molar-refractivity contribution in [3.8, 4) is 5.75 Å². The molecule has 0 aliphatic carbocycles. The van der Waals surface area contributed by atoms with Gasteiger partial charge in [0.25, 0.3) is 0 Å². The summed E-state index contributed by atoms with van der Waals surface area (Å²) >= 11 is 0. The van der Waals surface area contributed by atoms with Gasteiger partial charge < -0.3 is 41.4 Å². The van der Waals surface area contributed by atoms with E-state index in [-0.39, 0.29) is 54.7 Å². The van der Waals surface area contributed by atoms with Gasteiger partial charge in [0.05, 0.1) is 4.90 Å². The van der Waals surface area contributed by atoms with Gasteiger partial charge in [-0.15, -0.1) is 11.4 Å². The van der Waals surface area contributed by atoms with Crippen LogP contribution in [0.25, 0.3) is 15.5 Å². The number of hydrogen-bond donors (Lipinski definition) is 0. The SMILES string of the molecule is CCOCC.CN(C)c1cccc2c(S(=O)(=O)[N-]c3ccccc3N=Cc3ccccc3[O-])cccc12.O.[Ni+2].[OH3+].[OH3+].[OH3+]. The van der Waals surface area contributed by atoms with Gasteiger partial charge >= 0.3 is 16.5 Å². The minimum absolute atomic E-state index is 0. The number of rotatable bonds is 8. The average molecular weight is 651 g/mol. The first-order chi connectivity index (χ1) is 17.8. The number of sulfonamides is 1. The Balaban J connectivity index is -0.00000141. The molecule has 0 saturated heterocycles. The van der Waals surface area contributed by atoms with Gasteiger partial charge in [0.1, 0.15) is 10.0 Å². The van der Waals surface area contributed by atoms with E-state index < -0.39 is 10.0 Å². The molecule has 0 aliphatic heterocycles. The standard InChI is InChI=1S/C25H22N3O3S.C4H10O.Ni.4H2O/c1-28(2)23-14-7-11-20-19(23)10-8-16-25(20)32(30,31)27-22-13-5-4-12-21(22)26-17-18-9-3-6-15-24(18)29;1-3-5-4-2;;;;;/h3-17H,1-2H3,(H,26,29);3-4H2,1-2H3;;4*1H2/q-1;;+2;;;;/p+2. The van der Waals surface area contributed by atoms with E-state index in [0.29, 0.717) is 16.6 Å². The summed E-state index contributed by atoms with van der Waals surface area (Å²) in [6.45, 7) is 5.67. The van der Waals surface area contributed by atoms with E-state index in [1.54, 1.807) is 60.7 Å². The van der Waals surface area contributed by atoms with Crippen molar-refractivity contribution < 1.29 is 56.7 Å². The summed E-state index contributed by atoms with van der Waals surface area (Å²) in [6, 6.07) is 23.9. The van der Waals surface area contributed by atoms with E-state index >= 15 is 0 Å². The van der Waals surface area contributed by atoms with E-state index in [1.165, 1.54) is 12.3 Å². The van der Waals surface area contributed by atoms with Crippen LogP contribution >= 0.6 is 0 Å². The Morgan fingerprint density at radius 3 is 2.00 bits per heavy atom. The molecule has 0 fully saturated rings. The molecule has 4 aromatic carbocycles. The summed E-state index contributed by atoms with van der Waals surface area (Å²) in [7, 11) is -0.202. The molecule has 0 bridgehead atoms. The molecule has 0 aliphatic rings. The molecular formula is C29H42N3NiO8S+3. The normalized spacial score (nSPS) is 9.90.